The molecule has 1 aromatic rings. The highest BCUT2D eigenvalue weighted by Gasteiger charge is 2.28. The molecule has 1 aliphatic heterocycles. The Kier molecular flexibility index (Phi) is 3.51. The second-order valence-corrected chi connectivity index (χ2v) is 4.89. The van der Waals surface area contributed by atoms with E-state index in [1.807, 2.05) is 6.07 Å². The zero-order chi connectivity index (χ0) is 12.4. The fourth-order valence-electron chi connectivity index (χ4n) is 2.01. The SMILES string of the molecule is COC(=O)N1CC[C@@H](c2cnc(N)c(Br)c2)C1. The Balaban J connectivity index is 2.10. The van der Waals surface area contributed by atoms with Crippen LogP contribution in [0, 0.1) is 0 Å². The van der Waals surface area contributed by atoms with Gasteiger partial charge < -0.3 is 15.4 Å². The molecule has 2 heterocycles. The van der Waals surface area contributed by atoms with E-state index in [1.165, 1.54) is 7.11 Å². The number of ether oxygens (including phenoxy) is 1. The lowest BCUT2D eigenvalue weighted by Gasteiger charge is -2.14. The molecule has 1 aromatic heterocycles. The highest BCUT2D eigenvalue weighted by molar-refractivity contribution is 9.10. The third-order valence-corrected chi connectivity index (χ3v) is 3.62. The molecule has 2 N–H and O–H groups in total. The maximum atomic E-state index is 11.4. The van der Waals surface area contributed by atoms with Gasteiger partial charge in [-0.3, -0.25) is 0 Å². The molecule has 6 heteroatoms. The number of nitrogens with two attached hydrogens (primary N) is 1. The molecule has 0 spiro atoms. The topological polar surface area (TPSA) is 68.5 Å². The van der Waals surface area contributed by atoms with Crippen LogP contribution in [0.1, 0.15) is 17.9 Å². The number of carbonyl (C=O) groups is 1. The van der Waals surface area contributed by atoms with E-state index in [9.17, 15) is 4.79 Å². The Bertz CT molecular complexity index is 439. The van der Waals surface area contributed by atoms with Crippen LogP contribution in [-0.4, -0.2) is 36.2 Å². The third-order valence-electron chi connectivity index (χ3n) is 2.98. The fraction of sp³-hybridized carbons (Fsp3) is 0.455. The molecule has 0 bridgehead atoms. The predicted molar refractivity (Wildman–Crippen MR) is 67.7 cm³/mol. The van der Waals surface area contributed by atoms with Gasteiger partial charge in [0.1, 0.15) is 5.82 Å². The third kappa shape index (κ3) is 2.52. The van der Waals surface area contributed by atoms with E-state index in [0.717, 1.165) is 23.0 Å². The van der Waals surface area contributed by atoms with Crippen LogP contribution in [0.3, 0.4) is 0 Å². The van der Waals surface area contributed by atoms with Gasteiger partial charge in [0.15, 0.2) is 0 Å². The van der Waals surface area contributed by atoms with Crippen molar-refractivity contribution in [3.05, 3.63) is 22.3 Å². The minimum absolute atomic E-state index is 0.269. The minimum atomic E-state index is -0.269. The Hall–Kier alpha value is -1.30. The van der Waals surface area contributed by atoms with Crippen molar-refractivity contribution in [2.75, 3.05) is 25.9 Å². The molecular weight excluding hydrogens is 286 g/mol. The highest BCUT2D eigenvalue weighted by Crippen LogP contribution is 2.30. The number of carbonyl (C=O) groups excluding carboxylic acids is 1. The molecule has 1 saturated heterocycles. The van der Waals surface area contributed by atoms with E-state index in [2.05, 4.69) is 20.9 Å². The van der Waals surface area contributed by atoms with Gasteiger partial charge in [0.2, 0.25) is 0 Å². The minimum Gasteiger partial charge on any atom is -0.453 e. The monoisotopic (exact) mass is 299 g/mol. The van der Waals surface area contributed by atoms with E-state index in [0.29, 0.717) is 18.3 Å². The normalized spacial score (nSPS) is 19.4. The number of pyridine rings is 1. The standard InChI is InChI=1S/C11H14BrN3O2/c1-17-11(16)15-3-2-7(6-15)8-4-9(12)10(13)14-5-8/h4-5,7H,2-3,6H2,1H3,(H2,13,14)/t7-/m1/s1. The Morgan fingerprint density at radius 2 is 2.47 bits per heavy atom. The van der Waals surface area contributed by atoms with E-state index in [-0.39, 0.29) is 6.09 Å². The van der Waals surface area contributed by atoms with Crippen LogP contribution < -0.4 is 5.73 Å². The first kappa shape index (κ1) is 12.2. The zero-order valence-electron chi connectivity index (χ0n) is 9.52. The van der Waals surface area contributed by atoms with Crippen molar-refractivity contribution in [2.24, 2.45) is 0 Å². The Morgan fingerprint density at radius 1 is 1.71 bits per heavy atom. The van der Waals surface area contributed by atoms with Gasteiger partial charge in [-0.25, -0.2) is 9.78 Å². The number of amides is 1. The summed E-state index contributed by atoms with van der Waals surface area (Å²) in [6.07, 6.45) is 2.42. The number of rotatable bonds is 1. The van der Waals surface area contributed by atoms with E-state index >= 15 is 0 Å². The van der Waals surface area contributed by atoms with Crippen molar-refractivity contribution in [3.8, 4) is 0 Å². The second kappa shape index (κ2) is 4.91. The van der Waals surface area contributed by atoms with Gasteiger partial charge >= 0.3 is 6.09 Å². The molecule has 1 atom stereocenters. The molecule has 92 valence electrons. The van der Waals surface area contributed by atoms with Gasteiger partial charge in [-0.1, -0.05) is 0 Å². The molecule has 1 amide bonds. The van der Waals surface area contributed by atoms with Crippen LogP contribution in [0.5, 0.6) is 0 Å². The summed E-state index contributed by atoms with van der Waals surface area (Å²) in [5, 5.41) is 0. The lowest BCUT2D eigenvalue weighted by Crippen LogP contribution is -2.28. The number of aromatic nitrogens is 1. The molecule has 1 aliphatic rings. The van der Waals surface area contributed by atoms with Gasteiger partial charge in [-0.05, 0) is 34.0 Å². The summed E-state index contributed by atoms with van der Waals surface area (Å²) in [5.74, 6) is 0.787. The van der Waals surface area contributed by atoms with Crippen molar-refractivity contribution < 1.29 is 9.53 Å². The molecule has 0 aromatic carbocycles. The number of halogens is 1. The van der Waals surface area contributed by atoms with Crippen LogP contribution in [-0.2, 0) is 4.74 Å². The summed E-state index contributed by atoms with van der Waals surface area (Å²) in [6.45, 7) is 1.39. The zero-order valence-corrected chi connectivity index (χ0v) is 11.1. The van der Waals surface area contributed by atoms with Crippen LogP contribution in [0.15, 0.2) is 16.7 Å². The number of likely N-dealkylation sites (tertiary alicyclic amines) is 1. The van der Waals surface area contributed by atoms with Gasteiger partial charge in [0.25, 0.3) is 0 Å². The fourth-order valence-corrected chi connectivity index (χ4v) is 2.38. The summed E-state index contributed by atoms with van der Waals surface area (Å²) >= 11 is 3.36. The molecule has 0 saturated carbocycles. The summed E-state index contributed by atoms with van der Waals surface area (Å²) in [6, 6.07) is 1.97. The largest absolute Gasteiger partial charge is 0.453 e. The smallest absolute Gasteiger partial charge is 0.409 e. The molecular formula is C11H14BrN3O2. The van der Waals surface area contributed by atoms with Crippen LogP contribution in [0.4, 0.5) is 10.6 Å². The molecule has 0 aliphatic carbocycles. The van der Waals surface area contributed by atoms with Crippen molar-refractivity contribution in [2.45, 2.75) is 12.3 Å². The molecule has 17 heavy (non-hydrogen) atoms. The summed E-state index contributed by atoms with van der Waals surface area (Å²) < 4.78 is 5.50. The maximum absolute atomic E-state index is 11.4. The number of hydrogen-bond donors (Lipinski definition) is 1. The number of nitrogen functional groups attached to an aromatic ring is 1. The molecule has 0 unspecified atom stereocenters. The first-order valence-electron chi connectivity index (χ1n) is 5.35. The molecule has 0 radical (unpaired) electrons. The van der Waals surface area contributed by atoms with E-state index in [1.54, 1.807) is 11.1 Å². The van der Waals surface area contributed by atoms with Gasteiger partial charge in [-0.15, -0.1) is 0 Å². The van der Waals surface area contributed by atoms with Crippen LogP contribution in [0.2, 0.25) is 0 Å². The summed E-state index contributed by atoms with van der Waals surface area (Å²) in [5.41, 5.74) is 6.74. The second-order valence-electron chi connectivity index (χ2n) is 4.04. The number of nitrogens with zero attached hydrogens (tertiary/aromatic N) is 2. The van der Waals surface area contributed by atoms with Crippen molar-refractivity contribution in [3.63, 3.8) is 0 Å². The maximum Gasteiger partial charge on any atom is 0.409 e. The van der Waals surface area contributed by atoms with Gasteiger partial charge in [0.05, 0.1) is 11.6 Å². The molecule has 5 nitrogen and oxygen atoms in total. The van der Waals surface area contributed by atoms with Crippen molar-refractivity contribution in [1.29, 1.82) is 0 Å². The van der Waals surface area contributed by atoms with Crippen LogP contribution in [0.25, 0.3) is 0 Å². The number of methoxy groups -OCH3 is 1. The lowest BCUT2D eigenvalue weighted by atomic mass is 10.0. The van der Waals surface area contributed by atoms with E-state index in [4.69, 9.17) is 10.5 Å². The summed E-state index contributed by atoms with van der Waals surface area (Å²) in [7, 11) is 1.40. The van der Waals surface area contributed by atoms with Gasteiger partial charge in [0, 0.05) is 25.2 Å². The predicted octanol–water partition coefficient (Wildman–Crippen LogP) is 1.98. The Morgan fingerprint density at radius 3 is 3.12 bits per heavy atom. The lowest BCUT2D eigenvalue weighted by molar-refractivity contribution is 0.132. The highest BCUT2D eigenvalue weighted by atomic mass is 79.9. The van der Waals surface area contributed by atoms with Crippen molar-refractivity contribution in [1.82, 2.24) is 9.88 Å². The average Bonchev–Trinajstić information content (AvgIpc) is 2.81. The quantitative estimate of drug-likeness (QED) is 0.861. The first-order valence-corrected chi connectivity index (χ1v) is 6.15. The number of hydrogen-bond acceptors (Lipinski definition) is 4. The van der Waals surface area contributed by atoms with Crippen LogP contribution >= 0.6 is 15.9 Å². The van der Waals surface area contributed by atoms with Gasteiger partial charge in [-0.2, -0.15) is 0 Å². The van der Waals surface area contributed by atoms with Crippen molar-refractivity contribution >= 4 is 27.8 Å². The number of anilines is 1. The molecule has 2 rings (SSSR count). The summed E-state index contributed by atoms with van der Waals surface area (Å²) in [4.78, 5) is 17.2. The van der Waals surface area contributed by atoms with E-state index < -0.39 is 0 Å². The Labute approximate surface area is 108 Å². The first-order chi connectivity index (χ1) is 8.11. The average molecular weight is 300 g/mol. The molecule has 1 fully saturated rings.